The minimum Gasteiger partial charge on any atom is -0.324 e. The van der Waals surface area contributed by atoms with E-state index in [0.717, 1.165) is 16.5 Å². The molecular weight excluding hydrogens is 284 g/mol. The standard InChI is InChI=1S/C20H20N2O/c1-15-9-11-16(12-10-15)13-21-14-20(23)22-19-8-4-6-17-5-2-3-7-18(17)19/h2-12,21H,13-14H2,1H3,(H,22,23). The third kappa shape index (κ3) is 3.96. The topological polar surface area (TPSA) is 41.1 Å². The van der Waals surface area contributed by atoms with Gasteiger partial charge in [0, 0.05) is 17.6 Å². The van der Waals surface area contributed by atoms with Gasteiger partial charge in [0.15, 0.2) is 0 Å². The molecule has 0 heterocycles. The highest BCUT2D eigenvalue weighted by molar-refractivity contribution is 6.02. The SMILES string of the molecule is Cc1ccc(CNCC(=O)Nc2cccc3ccccc23)cc1. The molecule has 3 heteroatoms. The van der Waals surface area contributed by atoms with Gasteiger partial charge in [0.25, 0.3) is 0 Å². The van der Waals surface area contributed by atoms with E-state index in [9.17, 15) is 4.79 Å². The van der Waals surface area contributed by atoms with Crippen LogP contribution in [0.5, 0.6) is 0 Å². The predicted molar refractivity (Wildman–Crippen MR) is 95.5 cm³/mol. The van der Waals surface area contributed by atoms with Gasteiger partial charge in [-0.3, -0.25) is 4.79 Å². The summed E-state index contributed by atoms with van der Waals surface area (Å²) in [6.45, 7) is 3.04. The largest absolute Gasteiger partial charge is 0.324 e. The molecule has 0 aliphatic heterocycles. The highest BCUT2D eigenvalue weighted by Gasteiger charge is 2.05. The quantitative estimate of drug-likeness (QED) is 0.751. The fraction of sp³-hybridized carbons (Fsp3) is 0.150. The van der Waals surface area contributed by atoms with Crippen molar-refractivity contribution in [3.05, 3.63) is 77.9 Å². The van der Waals surface area contributed by atoms with Crippen LogP contribution in [0.4, 0.5) is 5.69 Å². The lowest BCUT2D eigenvalue weighted by Crippen LogP contribution is -2.27. The highest BCUT2D eigenvalue weighted by atomic mass is 16.1. The van der Waals surface area contributed by atoms with Gasteiger partial charge < -0.3 is 10.6 Å². The summed E-state index contributed by atoms with van der Waals surface area (Å²) in [7, 11) is 0. The van der Waals surface area contributed by atoms with Crippen molar-refractivity contribution in [1.29, 1.82) is 0 Å². The molecule has 0 spiro atoms. The molecule has 0 aromatic heterocycles. The van der Waals surface area contributed by atoms with Crippen molar-refractivity contribution >= 4 is 22.4 Å². The number of anilines is 1. The number of hydrogen-bond acceptors (Lipinski definition) is 2. The normalized spacial score (nSPS) is 10.7. The molecule has 0 aliphatic carbocycles. The molecule has 1 amide bonds. The number of carbonyl (C=O) groups is 1. The van der Waals surface area contributed by atoms with Crippen molar-refractivity contribution in [3.8, 4) is 0 Å². The number of fused-ring (bicyclic) bond motifs is 1. The van der Waals surface area contributed by atoms with Gasteiger partial charge in [-0.15, -0.1) is 0 Å². The third-order valence-corrected chi connectivity index (χ3v) is 3.80. The van der Waals surface area contributed by atoms with E-state index in [2.05, 4.69) is 41.8 Å². The zero-order valence-corrected chi connectivity index (χ0v) is 13.2. The lowest BCUT2D eigenvalue weighted by molar-refractivity contribution is -0.115. The molecule has 0 fully saturated rings. The molecule has 0 radical (unpaired) electrons. The van der Waals surface area contributed by atoms with E-state index in [4.69, 9.17) is 0 Å². The maximum atomic E-state index is 12.1. The van der Waals surface area contributed by atoms with E-state index >= 15 is 0 Å². The molecule has 0 atom stereocenters. The Balaban J connectivity index is 1.57. The second-order valence-corrected chi connectivity index (χ2v) is 5.66. The maximum Gasteiger partial charge on any atom is 0.238 e. The zero-order valence-electron chi connectivity index (χ0n) is 13.2. The zero-order chi connectivity index (χ0) is 16.1. The van der Waals surface area contributed by atoms with E-state index in [-0.39, 0.29) is 12.5 Å². The minimum absolute atomic E-state index is 0.0338. The number of aryl methyl sites for hydroxylation is 1. The van der Waals surface area contributed by atoms with Crippen LogP contribution < -0.4 is 10.6 Å². The van der Waals surface area contributed by atoms with Crippen LogP contribution in [0.1, 0.15) is 11.1 Å². The van der Waals surface area contributed by atoms with Crippen molar-refractivity contribution in [3.63, 3.8) is 0 Å². The van der Waals surface area contributed by atoms with E-state index in [1.165, 1.54) is 11.1 Å². The average Bonchev–Trinajstić information content (AvgIpc) is 2.57. The van der Waals surface area contributed by atoms with Crippen molar-refractivity contribution in [2.24, 2.45) is 0 Å². The molecule has 2 N–H and O–H groups in total. The van der Waals surface area contributed by atoms with Crippen LogP contribution in [0, 0.1) is 6.92 Å². The smallest absolute Gasteiger partial charge is 0.238 e. The van der Waals surface area contributed by atoms with Crippen LogP contribution in [0.3, 0.4) is 0 Å². The van der Waals surface area contributed by atoms with E-state index in [1.54, 1.807) is 0 Å². The van der Waals surface area contributed by atoms with E-state index in [0.29, 0.717) is 6.54 Å². The Morgan fingerprint density at radius 2 is 1.65 bits per heavy atom. The number of nitrogens with one attached hydrogen (secondary N) is 2. The molecule has 0 aliphatic rings. The first-order valence-corrected chi connectivity index (χ1v) is 7.76. The van der Waals surface area contributed by atoms with Gasteiger partial charge in [-0.25, -0.2) is 0 Å². The number of rotatable bonds is 5. The molecule has 3 nitrogen and oxygen atoms in total. The maximum absolute atomic E-state index is 12.1. The molecule has 0 unspecified atom stereocenters. The molecule has 3 aromatic rings. The Morgan fingerprint density at radius 3 is 2.48 bits per heavy atom. The molecule has 116 valence electrons. The van der Waals surface area contributed by atoms with Gasteiger partial charge in [-0.2, -0.15) is 0 Å². The van der Waals surface area contributed by atoms with E-state index in [1.807, 2.05) is 42.5 Å². The Labute approximate surface area is 136 Å². The average molecular weight is 304 g/mol. The van der Waals surface area contributed by atoms with Crippen LogP contribution in [0.25, 0.3) is 10.8 Å². The van der Waals surface area contributed by atoms with Crippen LogP contribution in [0.2, 0.25) is 0 Å². The highest BCUT2D eigenvalue weighted by Crippen LogP contribution is 2.22. The summed E-state index contributed by atoms with van der Waals surface area (Å²) < 4.78 is 0. The lowest BCUT2D eigenvalue weighted by atomic mass is 10.1. The van der Waals surface area contributed by atoms with Crippen LogP contribution >= 0.6 is 0 Å². The number of hydrogen-bond donors (Lipinski definition) is 2. The Hall–Kier alpha value is -2.65. The van der Waals surface area contributed by atoms with Crippen molar-refractivity contribution in [1.82, 2.24) is 5.32 Å². The van der Waals surface area contributed by atoms with Crippen molar-refractivity contribution < 1.29 is 4.79 Å². The Kier molecular flexibility index (Phi) is 4.69. The van der Waals surface area contributed by atoms with Gasteiger partial charge in [0.05, 0.1) is 6.54 Å². The number of benzene rings is 3. The van der Waals surface area contributed by atoms with E-state index < -0.39 is 0 Å². The first-order valence-electron chi connectivity index (χ1n) is 7.76. The van der Waals surface area contributed by atoms with Gasteiger partial charge in [0.2, 0.25) is 5.91 Å². The summed E-state index contributed by atoms with van der Waals surface area (Å²) in [5.41, 5.74) is 3.27. The third-order valence-electron chi connectivity index (χ3n) is 3.80. The summed E-state index contributed by atoms with van der Waals surface area (Å²) in [5, 5.41) is 8.34. The first-order chi connectivity index (χ1) is 11.2. The predicted octanol–water partition coefficient (Wildman–Crippen LogP) is 3.88. The Morgan fingerprint density at radius 1 is 0.913 bits per heavy atom. The summed E-state index contributed by atoms with van der Waals surface area (Å²) in [5.74, 6) is -0.0338. The van der Waals surface area contributed by atoms with Gasteiger partial charge in [-0.05, 0) is 23.9 Å². The molecule has 0 saturated carbocycles. The second kappa shape index (κ2) is 7.07. The van der Waals surface area contributed by atoms with Crippen molar-refractivity contribution in [2.45, 2.75) is 13.5 Å². The summed E-state index contributed by atoms with van der Waals surface area (Å²) in [6.07, 6.45) is 0. The van der Waals surface area contributed by atoms with Gasteiger partial charge in [-0.1, -0.05) is 66.2 Å². The molecule has 0 saturated heterocycles. The van der Waals surface area contributed by atoms with Crippen LogP contribution in [-0.4, -0.2) is 12.5 Å². The van der Waals surface area contributed by atoms with Gasteiger partial charge >= 0.3 is 0 Å². The van der Waals surface area contributed by atoms with Crippen LogP contribution in [-0.2, 0) is 11.3 Å². The summed E-state index contributed by atoms with van der Waals surface area (Å²) in [6, 6.07) is 22.3. The summed E-state index contributed by atoms with van der Waals surface area (Å²) in [4.78, 5) is 12.1. The molecule has 3 rings (SSSR count). The first kappa shape index (κ1) is 15.3. The molecule has 0 bridgehead atoms. The fourth-order valence-corrected chi connectivity index (χ4v) is 2.56. The lowest BCUT2D eigenvalue weighted by Gasteiger charge is -2.09. The molecule has 3 aromatic carbocycles. The number of carbonyl (C=O) groups excluding carboxylic acids is 1. The minimum atomic E-state index is -0.0338. The van der Waals surface area contributed by atoms with Crippen molar-refractivity contribution in [2.75, 3.05) is 11.9 Å². The summed E-state index contributed by atoms with van der Waals surface area (Å²) >= 11 is 0. The monoisotopic (exact) mass is 304 g/mol. The van der Waals surface area contributed by atoms with Gasteiger partial charge in [0.1, 0.15) is 0 Å². The fourth-order valence-electron chi connectivity index (χ4n) is 2.56. The molecular formula is C20H20N2O. The van der Waals surface area contributed by atoms with Crippen LogP contribution in [0.15, 0.2) is 66.7 Å². The number of amides is 1. The molecule has 23 heavy (non-hydrogen) atoms. The second-order valence-electron chi connectivity index (χ2n) is 5.66. The Bertz CT molecular complexity index is 804.